The Morgan fingerprint density at radius 1 is 1.18 bits per heavy atom. The quantitative estimate of drug-likeness (QED) is 0.560. The van der Waals surface area contributed by atoms with Crippen molar-refractivity contribution in [3.63, 3.8) is 0 Å². The Morgan fingerprint density at radius 3 is 2.09 bits per heavy atom. The molecule has 0 aliphatic carbocycles. The van der Waals surface area contributed by atoms with Crippen LogP contribution < -0.4 is 0 Å². The summed E-state index contributed by atoms with van der Waals surface area (Å²) in [6.45, 7) is 11.7. The molecule has 0 aliphatic rings. The van der Waals surface area contributed by atoms with Crippen LogP contribution in [0, 0.1) is 17.8 Å². The maximum atomic E-state index is 3.16. The lowest BCUT2D eigenvalue weighted by atomic mass is 10.2. The first kappa shape index (κ1) is 10.5. The van der Waals surface area contributed by atoms with Gasteiger partial charge < -0.3 is 0 Å². The van der Waals surface area contributed by atoms with Gasteiger partial charge in [-0.05, 0) is 13.1 Å². The number of hydrogen-bond acceptors (Lipinski definition) is 1. The van der Waals surface area contributed by atoms with E-state index in [1.54, 1.807) is 0 Å². The summed E-state index contributed by atoms with van der Waals surface area (Å²) < 4.78 is 0. The van der Waals surface area contributed by atoms with Gasteiger partial charge in [-0.1, -0.05) is 39.5 Å². The smallest absolute Gasteiger partial charge is 0.0601 e. The normalized spacial score (nSPS) is 10.0. The molecular formula is C10H19N. The zero-order valence-corrected chi connectivity index (χ0v) is 8.15. The lowest BCUT2D eigenvalue weighted by Crippen LogP contribution is -2.22. The molecule has 0 bridgehead atoms. The van der Waals surface area contributed by atoms with Crippen molar-refractivity contribution in [2.45, 2.75) is 27.7 Å². The minimum atomic E-state index is 0.505. The molecule has 0 aliphatic heterocycles. The Morgan fingerprint density at radius 2 is 1.73 bits per heavy atom. The van der Waals surface area contributed by atoms with Crippen molar-refractivity contribution in [3.8, 4) is 11.8 Å². The molecule has 0 spiro atoms. The molecular weight excluding hydrogens is 134 g/mol. The van der Waals surface area contributed by atoms with Crippen molar-refractivity contribution in [2.75, 3.05) is 19.6 Å². The number of nitrogens with zero attached hydrogens (tertiary/aromatic N) is 1. The van der Waals surface area contributed by atoms with Gasteiger partial charge in [-0.25, -0.2) is 0 Å². The van der Waals surface area contributed by atoms with Gasteiger partial charge in [0, 0.05) is 5.92 Å². The third-order valence-corrected chi connectivity index (χ3v) is 1.59. The zero-order chi connectivity index (χ0) is 8.69. The summed E-state index contributed by atoms with van der Waals surface area (Å²) in [5, 5.41) is 0. The number of hydrogen-bond donors (Lipinski definition) is 0. The molecule has 0 radical (unpaired) electrons. The summed E-state index contributed by atoms with van der Waals surface area (Å²) in [4.78, 5) is 2.31. The largest absolute Gasteiger partial charge is 0.293 e. The van der Waals surface area contributed by atoms with Gasteiger partial charge in [0.25, 0.3) is 0 Å². The van der Waals surface area contributed by atoms with Crippen LogP contribution in [0.15, 0.2) is 0 Å². The van der Waals surface area contributed by atoms with Crippen LogP contribution in [0.4, 0.5) is 0 Å². The molecule has 0 atom stereocenters. The Bertz CT molecular complexity index is 135. The van der Waals surface area contributed by atoms with Crippen LogP contribution in [0.5, 0.6) is 0 Å². The summed E-state index contributed by atoms with van der Waals surface area (Å²) in [5.74, 6) is 6.82. The monoisotopic (exact) mass is 153 g/mol. The molecule has 0 aromatic rings. The van der Waals surface area contributed by atoms with E-state index in [1.165, 1.54) is 0 Å². The van der Waals surface area contributed by atoms with E-state index in [0.717, 1.165) is 19.6 Å². The van der Waals surface area contributed by atoms with E-state index in [9.17, 15) is 0 Å². The molecule has 1 nitrogen and oxygen atoms in total. The van der Waals surface area contributed by atoms with Crippen LogP contribution in [0.25, 0.3) is 0 Å². The van der Waals surface area contributed by atoms with Crippen LogP contribution in [0.2, 0.25) is 0 Å². The van der Waals surface area contributed by atoms with Gasteiger partial charge in [0.1, 0.15) is 0 Å². The lowest BCUT2D eigenvalue weighted by Gasteiger charge is -2.13. The average molecular weight is 153 g/mol. The third-order valence-electron chi connectivity index (χ3n) is 1.59. The molecule has 0 saturated heterocycles. The molecule has 64 valence electrons. The van der Waals surface area contributed by atoms with E-state index in [4.69, 9.17) is 0 Å². The van der Waals surface area contributed by atoms with Crippen LogP contribution in [0.3, 0.4) is 0 Å². The van der Waals surface area contributed by atoms with E-state index >= 15 is 0 Å². The first-order valence-corrected chi connectivity index (χ1v) is 4.41. The van der Waals surface area contributed by atoms with Crippen molar-refractivity contribution in [2.24, 2.45) is 5.92 Å². The van der Waals surface area contributed by atoms with Crippen molar-refractivity contribution in [3.05, 3.63) is 0 Å². The van der Waals surface area contributed by atoms with Crippen molar-refractivity contribution >= 4 is 0 Å². The molecule has 0 fully saturated rings. The Balaban J connectivity index is 3.60. The standard InChI is InChI=1S/C10H19N/c1-5-11(6-2)9-7-8-10(3)4/h10H,5-6,9H2,1-4H3. The van der Waals surface area contributed by atoms with Crippen molar-refractivity contribution < 1.29 is 0 Å². The minimum Gasteiger partial charge on any atom is -0.293 e. The van der Waals surface area contributed by atoms with Crippen LogP contribution >= 0.6 is 0 Å². The van der Waals surface area contributed by atoms with E-state index in [0.29, 0.717) is 5.92 Å². The average Bonchev–Trinajstić information content (AvgIpc) is 1.98. The Labute approximate surface area is 70.8 Å². The van der Waals surface area contributed by atoms with Gasteiger partial charge in [-0.2, -0.15) is 0 Å². The third kappa shape index (κ3) is 5.94. The minimum absolute atomic E-state index is 0.505. The first-order valence-electron chi connectivity index (χ1n) is 4.41. The SMILES string of the molecule is CCN(CC)CC#CC(C)C. The molecule has 0 aromatic carbocycles. The molecule has 0 unspecified atom stereocenters. The second-order valence-electron chi connectivity index (χ2n) is 2.94. The maximum absolute atomic E-state index is 3.16. The molecule has 0 saturated carbocycles. The van der Waals surface area contributed by atoms with Gasteiger partial charge >= 0.3 is 0 Å². The van der Waals surface area contributed by atoms with Crippen LogP contribution in [0.1, 0.15) is 27.7 Å². The van der Waals surface area contributed by atoms with E-state index < -0.39 is 0 Å². The topological polar surface area (TPSA) is 3.24 Å². The van der Waals surface area contributed by atoms with Gasteiger partial charge in [0.15, 0.2) is 0 Å². The highest BCUT2D eigenvalue weighted by Gasteiger charge is 1.93. The fourth-order valence-corrected chi connectivity index (χ4v) is 0.809. The maximum Gasteiger partial charge on any atom is 0.0601 e. The van der Waals surface area contributed by atoms with E-state index in [-0.39, 0.29) is 0 Å². The zero-order valence-electron chi connectivity index (χ0n) is 8.15. The van der Waals surface area contributed by atoms with E-state index in [2.05, 4.69) is 44.4 Å². The van der Waals surface area contributed by atoms with Crippen molar-refractivity contribution in [1.29, 1.82) is 0 Å². The highest BCUT2D eigenvalue weighted by atomic mass is 15.1. The second kappa shape index (κ2) is 6.24. The first-order chi connectivity index (χ1) is 5.20. The molecule has 11 heavy (non-hydrogen) atoms. The van der Waals surface area contributed by atoms with Gasteiger partial charge in [0.2, 0.25) is 0 Å². The van der Waals surface area contributed by atoms with Crippen molar-refractivity contribution in [1.82, 2.24) is 4.90 Å². The lowest BCUT2D eigenvalue weighted by molar-refractivity contribution is 0.342. The Hall–Kier alpha value is -0.480. The summed E-state index contributed by atoms with van der Waals surface area (Å²) in [6, 6.07) is 0. The molecule has 0 amide bonds. The summed E-state index contributed by atoms with van der Waals surface area (Å²) in [6.07, 6.45) is 0. The predicted molar refractivity (Wildman–Crippen MR) is 50.4 cm³/mol. The van der Waals surface area contributed by atoms with Gasteiger partial charge in [-0.3, -0.25) is 4.90 Å². The van der Waals surface area contributed by atoms with Crippen LogP contribution in [-0.4, -0.2) is 24.5 Å². The number of rotatable bonds is 3. The highest BCUT2D eigenvalue weighted by Crippen LogP contribution is 1.87. The van der Waals surface area contributed by atoms with Crippen LogP contribution in [-0.2, 0) is 0 Å². The Kier molecular flexibility index (Phi) is 5.97. The van der Waals surface area contributed by atoms with Gasteiger partial charge in [-0.15, -0.1) is 0 Å². The summed E-state index contributed by atoms with van der Waals surface area (Å²) in [5.41, 5.74) is 0. The summed E-state index contributed by atoms with van der Waals surface area (Å²) in [7, 11) is 0. The second-order valence-corrected chi connectivity index (χ2v) is 2.94. The molecule has 0 heterocycles. The predicted octanol–water partition coefficient (Wildman–Crippen LogP) is 1.99. The molecule has 0 rings (SSSR count). The van der Waals surface area contributed by atoms with E-state index in [1.807, 2.05) is 0 Å². The fraction of sp³-hybridized carbons (Fsp3) is 0.800. The molecule has 0 N–H and O–H groups in total. The highest BCUT2D eigenvalue weighted by molar-refractivity contribution is 5.03. The molecule has 1 heteroatoms. The summed E-state index contributed by atoms with van der Waals surface area (Å²) >= 11 is 0. The molecule has 0 aromatic heterocycles. The fourth-order valence-electron chi connectivity index (χ4n) is 0.809. The van der Waals surface area contributed by atoms with Gasteiger partial charge in [0.05, 0.1) is 6.54 Å².